The number of urea groups is 1. The molecule has 0 saturated carbocycles. The fraction of sp³-hybridized carbons (Fsp3) is 0.115. The van der Waals surface area contributed by atoms with Crippen molar-refractivity contribution in [1.29, 1.82) is 0 Å². The molecule has 1 atom stereocenters. The lowest BCUT2D eigenvalue weighted by atomic mass is 9.92. The Labute approximate surface area is 196 Å². The van der Waals surface area contributed by atoms with Gasteiger partial charge in [-0.3, -0.25) is 24.3 Å². The van der Waals surface area contributed by atoms with E-state index in [0.717, 1.165) is 4.90 Å². The number of imide groups is 1. The molecule has 8 nitrogen and oxygen atoms in total. The third-order valence-electron chi connectivity index (χ3n) is 5.47. The van der Waals surface area contributed by atoms with Crippen LogP contribution in [0.4, 0.5) is 10.5 Å². The first-order valence-electron chi connectivity index (χ1n) is 10.6. The average molecular weight is 454 g/mol. The Bertz CT molecular complexity index is 1260. The molecule has 2 N–H and O–H groups in total. The molecule has 2 aromatic carbocycles. The van der Waals surface area contributed by atoms with E-state index >= 15 is 0 Å². The molecule has 170 valence electrons. The smallest absolute Gasteiger partial charge is 0.325 e. The highest BCUT2D eigenvalue weighted by Gasteiger charge is 2.49. The fourth-order valence-corrected chi connectivity index (χ4v) is 3.60. The number of carbonyl (C=O) groups excluding carboxylic acids is 4. The van der Waals surface area contributed by atoms with Crippen LogP contribution in [0.3, 0.4) is 0 Å². The van der Waals surface area contributed by atoms with Gasteiger partial charge in [0.05, 0.1) is 5.69 Å². The van der Waals surface area contributed by atoms with Gasteiger partial charge in [-0.2, -0.15) is 0 Å². The van der Waals surface area contributed by atoms with E-state index in [1.165, 1.54) is 6.08 Å². The largest absolute Gasteiger partial charge is 0.325 e. The van der Waals surface area contributed by atoms with Gasteiger partial charge in [0.15, 0.2) is 5.78 Å². The van der Waals surface area contributed by atoms with Crippen molar-refractivity contribution >= 4 is 35.4 Å². The number of hydrogen-bond donors (Lipinski definition) is 2. The molecule has 1 fully saturated rings. The molecule has 3 aromatic rings. The zero-order chi connectivity index (χ0) is 24.1. The molecule has 1 saturated heterocycles. The summed E-state index contributed by atoms with van der Waals surface area (Å²) in [5, 5.41) is 5.32. The standard InChI is InChI=1S/C26H22N4O4/c1-26(19-7-3-2-4-8-19)24(33)30(25(34)29-26)17-23(32)28-21-12-10-18(11-13-21)22(31)15-14-20-9-5-6-16-27-20/h2-16H,17H2,1H3,(H,28,32)(H,29,34)/b15-14+. The molecule has 34 heavy (non-hydrogen) atoms. The summed E-state index contributed by atoms with van der Waals surface area (Å²) < 4.78 is 0. The van der Waals surface area contributed by atoms with E-state index in [2.05, 4.69) is 15.6 Å². The number of carbonyl (C=O) groups is 4. The number of allylic oxidation sites excluding steroid dienone is 1. The van der Waals surface area contributed by atoms with Gasteiger partial charge in [0.25, 0.3) is 5.91 Å². The summed E-state index contributed by atoms with van der Waals surface area (Å²) in [6.07, 6.45) is 4.69. The van der Waals surface area contributed by atoms with E-state index in [1.54, 1.807) is 79.9 Å². The van der Waals surface area contributed by atoms with Gasteiger partial charge in [-0.05, 0) is 61.0 Å². The summed E-state index contributed by atoms with van der Waals surface area (Å²) in [5.74, 6) is -1.24. The van der Waals surface area contributed by atoms with Crippen LogP contribution in [0.2, 0.25) is 0 Å². The molecule has 0 aliphatic carbocycles. The van der Waals surface area contributed by atoms with Crippen LogP contribution in [0.15, 0.2) is 85.1 Å². The Kier molecular flexibility index (Phi) is 6.31. The van der Waals surface area contributed by atoms with Gasteiger partial charge in [0.2, 0.25) is 5.91 Å². The SMILES string of the molecule is CC1(c2ccccc2)NC(=O)N(CC(=O)Nc2ccc(C(=O)/C=C/c3ccccn3)cc2)C1=O. The summed E-state index contributed by atoms with van der Waals surface area (Å²) in [7, 11) is 0. The maximum atomic E-state index is 12.9. The first kappa shape index (κ1) is 22.6. The highest BCUT2D eigenvalue weighted by molar-refractivity contribution is 6.10. The summed E-state index contributed by atoms with van der Waals surface area (Å²) in [6.45, 7) is 1.18. The van der Waals surface area contributed by atoms with Crippen molar-refractivity contribution < 1.29 is 19.2 Å². The van der Waals surface area contributed by atoms with Crippen molar-refractivity contribution in [3.63, 3.8) is 0 Å². The number of anilines is 1. The number of benzene rings is 2. The topological polar surface area (TPSA) is 108 Å². The highest BCUT2D eigenvalue weighted by atomic mass is 16.2. The predicted molar refractivity (Wildman–Crippen MR) is 127 cm³/mol. The molecule has 1 aliphatic heterocycles. The minimum Gasteiger partial charge on any atom is -0.325 e. The Morgan fingerprint density at radius 1 is 1.00 bits per heavy atom. The zero-order valence-electron chi connectivity index (χ0n) is 18.4. The molecule has 0 bridgehead atoms. The molecule has 1 unspecified atom stereocenters. The third kappa shape index (κ3) is 4.75. The van der Waals surface area contributed by atoms with Crippen molar-refractivity contribution in [3.05, 3.63) is 102 Å². The summed E-state index contributed by atoms with van der Waals surface area (Å²) >= 11 is 0. The number of nitrogens with zero attached hydrogens (tertiary/aromatic N) is 2. The second-order valence-corrected chi connectivity index (χ2v) is 7.89. The van der Waals surface area contributed by atoms with E-state index in [4.69, 9.17) is 0 Å². The molecular weight excluding hydrogens is 432 g/mol. The monoisotopic (exact) mass is 454 g/mol. The molecule has 8 heteroatoms. The van der Waals surface area contributed by atoms with E-state index in [0.29, 0.717) is 22.5 Å². The molecular formula is C26H22N4O4. The summed E-state index contributed by atoms with van der Waals surface area (Å²) in [5.41, 5.74) is 0.951. The van der Waals surface area contributed by atoms with Gasteiger partial charge in [-0.15, -0.1) is 0 Å². The Hall–Kier alpha value is -4.59. The quantitative estimate of drug-likeness (QED) is 0.323. The lowest BCUT2D eigenvalue weighted by Crippen LogP contribution is -2.42. The van der Waals surface area contributed by atoms with Crippen LogP contribution in [0.25, 0.3) is 6.08 Å². The van der Waals surface area contributed by atoms with Gasteiger partial charge in [0.1, 0.15) is 12.1 Å². The van der Waals surface area contributed by atoms with Crippen LogP contribution in [0.5, 0.6) is 0 Å². The second-order valence-electron chi connectivity index (χ2n) is 7.89. The lowest BCUT2D eigenvalue weighted by molar-refractivity contribution is -0.133. The van der Waals surface area contributed by atoms with E-state index in [-0.39, 0.29) is 5.78 Å². The Balaban J connectivity index is 1.37. The van der Waals surface area contributed by atoms with E-state index in [9.17, 15) is 19.2 Å². The maximum Gasteiger partial charge on any atom is 0.325 e. The fourth-order valence-electron chi connectivity index (χ4n) is 3.60. The predicted octanol–water partition coefficient (Wildman–Crippen LogP) is 3.38. The molecule has 1 aliphatic rings. The number of pyridine rings is 1. The van der Waals surface area contributed by atoms with E-state index in [1.807, 2.05) is 12.1 Å². The molecule has 0 spiro atoms. The number of nitrogens with one attached hydrogen (secondary N) is 2. The number of amides is 4. The highest BCUT2D eigenvalue weighted by Crippen LogP contribution is 2.28. The first-order valence-corrected chi connectivity index (χ1v) is 10.6. The lowest BCUT2D eigenvalue weighted by Gasteiger charge is -2.22. The molecule has 4 amide bonds. The third-order valence-corrected chi connectivity index (χ3v) is 5.47. The minimum absolute atomic E-state index is 0.205. The van der Waals surface area contributed by atoms with E-state index < -0.39 is 29.9 Å². The van der Waals surface area contributed by atoms with Gasteiger partial charge < -0.3 is 10.6 Å². The molecule has 0 radical (unpaired) electrons. The Morgan fingerprint density at radius 2 is 1.71 bits per heavy atom. The number of aromatic nitrogens is 1. The van der Waals surface area contributed by atoms with Crippen LogP contribution in [-0.2, 0) is 15.1 Å². The first-order chi connectivity index (χ1) is 16.4. The number of ketones is 1. The van der Waals surface area contributed by atoms with Gasteiger partial charge in [-0.25, -0.2) is 4.79 Å². The van der Waals surface area contributed by atoms with Crippen molar-refractivity contribution in [2.75, 3.05) is 11.9 Å². The average Bonchev–Trinajstić information content (AvgIpc) is 3.08. The molecule has 4 rings (SSSR count). The maximum absolute atomic E-state index is 12.9. The van der Waals surface area contributed by atoms with Gasteiger partial charge in [0, 0.05) is 17.4 Å². The molecule has 2 heterocycles. The van der Waals surface area contributed by atoms with Crippen molar-refractivity contribution in [3.8, 4) is 0 Å². The summed E-state index contributed by atoms with van der Waals surface area (Å²) in [6, 6.07) is 20.0. The van der Waals surface area contributed by atoms with Crippen molar-refractivity contribution in [2.45, 2.75) is 12.5 Å². The van der Waals surface area contributed by atoms with Crippen molar-refractivity contribution in [1.82, 2.24) is 15.2 Å². The van der Waals surface area contributed by atoms with Gasteiger partial charge in [-0.1, -0.05) is 36.4 Å². The minimum atomic E-state index is -1.23. The Morgan fingerprint density at radius 3 is 2.38 bits per heavy atom. The number of rotatable bonds is 7. The van der Waals surface area contributed by atoms with Crippen LogP contribution in [0, 0.1) is 0 Å². The zero-order valence-corrected chi connectivity index (χ0v) is 18.4. The number of hydrogen-bond acceptors (Lipinski definition) is 5. The van der Waals surface area contributed by atoms with Crippen LogP contribution >= 0.6 is 0 Å². The van der Waals surface area contributed by atoms with Gasteiger partial charge >= 0.3 is 6.03 Å². The normalized spacial score (nSPS) is 17.6. The van der Waals surface area contributed by atoms with Crippen LogP contribution < -0.4 is 10.6 Å². The molecule has 1 aromatic heterocycles. The second kappa shape index (κ2) is 9.50. The summed E-state index contributed by atoms with van der Waals surface area (Å²) in [4.78, 5) is 55.2. The van der Waals surface area contributed by atoms with Crippen LogP contribution in [-0.4, -0.2) is 40.1 Å². The van der Waals surface area contributed by atoms with Crippen molar-refractivity contribution in [2.24, 2.45) is 0 Å². The van der Waals surface area contributed by atoms with Crippen LogP contribution in [0.1, 0.15) is 28.5 Å².